The second-order valence-electron chi connectivity index (χ2n) is 5.17. The van der Waals surface area contributed by atoms with Gasteiger partial charge in [0, 0.05) is 7.05 Å². The van der Waals surface area contributed by atoms with Gasteiger partial charge >= 0.3 is 0 Å². The minimum atomic E-state index is -3.64. The summed E-state index contributed by atoms with van der Waals surface area (Å²) in [5.41, 5.74) is 2.18. The zero-order valence-electron chi connectivity index (χ0n) is 13.1. The summed E-state index contributed by atoms with van der Waals surface area (Å²) in [6.45, 7) is 1.86. The number of nitrogens with zero attached hydrogens (tertiary/aromatic N) is 2. The monoisotopic (exact) mass is 331 g/mol. The predicted molar refractivity (Wildman–Crippen MR) is 89.4 cm³/mol. The Bertz CT molecular complexity index is 946. The van der Waals surface area contributed by atoms with Crippen LogP contribution in [0.1, 0.15) is 5.82 Å². The van der Waals surface area contributed by atoms with Gasteiger partial charge in [-0.05, 0) is 49.4 Å². The van der Waals surface area contributed by atoms with Crippen molar-refractivity contribution in [1.29, 1.82) is 0 Å². The van der Waals surface area contributed by atoms with Gasteiger partial charge in [0.2, 0.25) is 0 Å². The van der Waals surface area contributed by atoms with Gasteiger partial charge in [-0.25, -0.2) is 13.4 Å². The van der Waals surface area contributed by atoms with Gasteiger partial charge in [0.05, 0.1) is 28.7 Å². The summed E-state index contributed by atoms with van der Waals surface area (Å²) in [5, 5.41) is 0. The van der Waals surface area contributed by atoms with E-state index < -0.39 is 10.0 Å². The lowest BCUT2D eigenvalue weighted by Gasteiger charge is -2.19. The lowest BCUT2D eigenvalue weighted by molar-refractivity contribution is 0.414. The molecule has 0 aliphatic heterocycles. The maximum absolute atomic E-state index is 12.7. The second-order valence-corrected chi connectivity index (χ2v) is 7.14. The predicted octanol–water partition coefficient (Wildman–Crippen LogP) is 2.71. The summed E-state index contributed by atoms with van der Waals surface area (Å²) in [6, 6.07) is 11.6. The molecule has 0 bridgehead atoms. The zero-order chi connectivity index (χ0) is 16.6. The summed E-state index contributed by atoms with van der Waals surface area (Å²) in [6.07, 6.45) is 0. The van der Waals surface area contributed by atoms with E-state index in [1.165, 1.54) is 30.6 Å². The molecule has 0 amide bonds. The number of aromatic amines is 1. The molecule has 0 saturated carbocycles. The quantitative estimate of drug-likeness (QED) is 0.797. The van der Waals surface area contributed by atoms with Crippen molar-refractivity contribution in [3.63, 3.8) is 0 Å². The average molecular weight is 331 g/mol. The molecule has 1 heterocycles. The van der Waals surface area contributed by atoms with Crippen LogP contribution in [-0.4, -0.2) is 32.5 Å². The van der Waals surface area contributed by atoms with Gasteiger partial charge in [0.15, 0.2) is 0 Å². The summed E-state index contributed by atoms with van der Waals surface area (Å²) >= 11 is 0. The van der Waals surface area contributed by atoms with Crippen molar-refractivity contribution < 1.29 is 13.2 Å². The summed E-state index contributed by atoms with van der Waals surface area (Å²) < 4.78 is 31.8. The van der Waals surface area contributed by atoms with Crippen LogP contribution in [-0.2, 0) is 10.0 Å². The number of benzene rings is 2. The van der Waals surface area contributed by atoms with Crippen LogP contribution >= 0.6 is 0 Å². The van der Waals surface area contributed by atoms with Crippen LogP contribution in [0.5, 0.6) is 5.75 Å². The first-order valence-corrected chi connectivity index (χ1v) is 8.45. The highest BCUT2D eigenvalue weighted by atomic mass is 32.2. The molecule has 0 spiro atoms. The number of aryl methyl sites for hydroxylation is 1. The van der Waals surface area contributed by atoms with Gasteiger partial charge in [0.25, 0.3) is 10.0 Å². The number of anilines is 1. The van der Waals surface area contributed by atoms with Gasteiger partial charge in [-0.2, -0.15) is 0 Å². The number of ether oxygens (including phenoxy) is 1. The molecule has 6 nitrogen and oxygen atoms in total. The van der Waals surface area contributed by atoms with Crippen LogP contribution in [0.15, 0.2) is 47.4 Å². The van der Waals surface area contributed by atoms with Crippen LogP contribution in [0, 0.1) is 6.92 Å². The Hall–Kier alpha value is -2.54. The first-order valence-electron chi connectivity index (χ1n) is 7.01. The van der Waals surface area contributed by atoms with Crippen molar-refractivity contribution in [2.75, 3.05) is 18.5 Å². The van der Waals surface area contributed by atoms with Crippen molar-refractivity contribution in [1.82, 2.24) is 9.97 Å². The highest BCUT2D eigenvalue weighted by Crippen LogP contribution is 2.26. The van der Waals surface area contributed by atoms with E-state index in [4.69, 9.17) is 4.74 Å². The van der Waals surface area contributed by atoms with Crippen molar-refractivity contribution in [2.24, 2.45) is 0 Å². The molecule has 0 saturated heterocycles. The summed E-state index contributed by atoms with van der Waals surface area (Å²) in [5.74, 6) is 1.40. The fraction of sp³-hybridized carbons (Fsp3) is 0.188. The molecule has 0 fully saturated rings. The molecule has 0 atom stereocenters. The number of methoxy groups -OCH3 is 1. The number of fused-ring (bicyclic) bond motifs is 1. The van der Waals surface area contributed by atoms with Gasteiger partial charge in [-0.15, -0.1) is 0 Å². The molecule has 0 aliphatic rings. The van der Waals surface area contributed by atoms with E-state index in [2.05, 4.69) is 9.97 Å². The average Bonchev–Trinajstić information content (AvgIpc) is 2.93. The van der Waals surface area contributed by atoms with Gasteiger partial charge in [-0.3, -0.25) is 4.31 Å². The molecule has 120 valence electrons. The number of imidazole rings is 1. The van der Waals surface area contributed by atoms with E-state index >= 15 is 0 Å². The molecule has 0 unspecified atom stereocenters. The molecule has 1 aromatic heterocycles. The smallest absolute Gasteiger partial charge is 0.264 e. The standard InChI is InChI=1S/C16H17N3O3S/c1-11-17-15-9-4-12(10-16(15)18-11)19(2)23(20,21)14-7-5-13(22-3)6-8-14/h4-10H,1-3H3,(H,17,18). The van der Waals surface area contributed by atoms with E-state index in [9.17, 15) is 8.42 Å². The SMILES string of the molecule is COc1ccc(S(=O)(=O)N(C)c2ccc3nc(C)[nH]c3c2)cc1. The van der Waals surface area contributed by atoms with E-state index in [1.807, 2.05) is 6.92 Å². The Morgan fingerprint density at radius 3 is 2.48 bits per heavy atom. The van der Waals surface area contributed by atoms with Crippen LogP contribution < -0.4 is 9.04 Å². The summed E-state index contributed by atoms with van der Waals surface area (Å²) in [7, 11) is -0.565. The maximum Gasteiger partial charge on any atom is 0.264 e. The third-order valence-corrected chi connectivity index (χ3v) is 5.47. The molecule has 7 heteroatoms. The van der Waals surface area contributed by atoms with Crippen molar-refractivity contribution in [3.05, 3.63) is 48.3 Å². The van der Waals surface area contributed by atoms with E-state index in [0.29, 0.717) is 11.4 Å². The maximum atomic E-state index is 12.7. The lowest BCUT2D eigenvalue weighted by atomic mass is 10.3. The molecule has 2 aromatic carbocycles. The Labute approximate surface area is 134 Å². The van der Waals surface area contributed by atoms with Crippen LogP contribution in [0.4, 0.5) is 5.69 Å². The third kappa shape index (κ3) is 2.75. The lowest BCUT2D eigenvalue weighted by Crippen LogP contribution is -2.26. The van der Waals surface area contributed by atoms with Gasteiger partial charge < -0.3 is 9.72 Å². The van der Waals surface area contributed by atoms with Crippen molar-refractivity contribution in [2.45, 2.75) is 11.8 Å². The molecular formula is C16H17N3O3S. The van der Waals surface area contributed by atoms with Crippen LogP contribution in [0.2, 0.25) is 0 Å². The first kappa shape index (κ1) is 15.4. The molecule has 23 heavy (non-hydrogen) atoms. The number of H-pyrrole nitrogens is 1. The van der Waals surface area contributed by atoms with E-state index in [1.54, 1.807) is 30.3 Å². The highest BCUT2D eigenvalue weighted by molar-refractivity contribution is 7.92. The number of sulfonamides is 1. The van der Waals surface area contributed by atoms with E-state index in [0.717, 1.165) is 16.9 Å². The Balaban J connectivity index is 1.99. The number of nitrogens with one attached hydrogen (secondary N) is 1. The largest absolute Gasteiger partial charge is 0.497 e. The molecule has 3 aromatic rings. The zero-order valence-corrected chi connectivity index (χ0v) is 13.9. The number of aromatic nitrogens is 2. The fourth-order valence-corrected chi connectivity index (χ4v) is 3.55. The van der Waals surface area contributed by atoms with Crippen molar-refractivity contribution in [3.8, 4) is 5.75 Å². The van der Waals surface area contributed by atoms with Crippen LogP contribution in [0.3, 0.4) is 0 Å². The van der Waals surface area contributed by atoms with Gasteiger partial charge in [0.1, 0.15) is 11.6 Å². The van der Waals surface area contributed by atoms with Crippen LogP contribution in [0.25, 0.3) is 11.0 Å². The minimum Gasteiger partial charge on any atom is -0.497 e. The summed E-state index contributed by atoms with van der Waals surface area (Å²) in [4.78, 5) is 7.64. The minimum absolute atomic E-state index is 0.210. The highest BCUT2D eigenvalue weighted by Gasteiger charge is 2.21. The Kier molecular flexibility index (Phi) is 3.73. The molecular weight excluding hydrogens is 314 g/mol. The Morgan fingerprint density at radius 2 is 1.83 bits per heavy atom. The number of rotatable bonds is 4. The first-order chi connectivity index (χ1) is 10.9. The Morgan fingerprint density at radius 1 is 1.13 bits per heavy atom. The number of hydrogen-bond donors (Lipinski definition) is 1. The number of hydrogen-bond acceptors (Lipinski definition) is 4. The van der Waals surface area contributed by atoms with Crippen molar-refractivity contribution >= 4 is 26.7 Å². The second kappa shape index (κ2) is 5.58. The third-order valence-electron chi connectivity index (χ3n) is 3.67. The van der Waals surface area contributed by atoms with Gasteiger partial charge in [-0.1, -0.05) is 0 Å². The molecule has 3 rings (SSSR count). The molecule has 0 aliphatic carbocycles. The van der Waals surface area contributed by atoms with E-state index in [-0.39, 0.29) is 4.90 Å². The molecule has 1 N–H and O–H groups in total. The topological polar surface area (TPSA) is 75.3 Å². The fourth-order valence-electron chi connectivity index (χ4n) is 2.37. The normalized spacial score (nSPS) is 11.6. The molecule has 0 radical (unpaired) electrons.